The maximum Gasteiger partial charge on any atom is 0.354 e. The SMILES string of the molecule is COC(=O)c1ccc(-c2occc2C)[nH]1. The van der Waals surface area contributed by atoms with E-state index in [0.29, 0.717) is 5.69 Å². The number of nitrogens with one attached hydrogen (secondary N) is 1. The summed E-state index contributed by atoms with van der Waals surface area (Å²) in [4.78, 5) is 14.1. The Hall–Kier alpha value is -1.97. The minimum Gasteiger partial charge on any atom is -0.464 e. The number of furan rings is 1. The summed E-state index contributed by atoms with van der Waals surface area (Å²) in [5.41, 5.74) is 2.22. The van der Waals surface area contributed by atoms with Crippen LogP contribution in [0.25, 0.3) is 11.5 Å². The first-order chi connectivity index (χ1) is 7.22. The fourth-order valence-electron chi connectivity index (χ4n) is 1.41. The second-order valence-corrected chi connectivity index (χ2v) is 3.21. The van der Waals surface area contributed by atoms with E-state index in [1.54, 1.807) is 18.4 Å². The van der Waals surface area contributed by atoms with Gasteiger partial charge in [-0.25, -0.2) is 4.79 Å². The zero-order valence-corrected chi connectivity index (χ0v) is 8.53. The number of hydrogen-bond acceptors (Lipinski definition) is 3. The normalized spacial score (nSPS) is 10.3. The number of aromatic nitrogens is 1. The van der Waals surface area contributed by atoms with Gasteiger partial charge in [0.1, 0.15) is 5.69 Å². The van der Waals surface area contributed by atoms with Gasteiger partial charge >= 0.3 is 5.97 Å². The van der Waals surface area contributed by atoms with Crippen molar-refractivity contribution in [2.75, 3.05) is 7.11 Å². The number of carbonyl (C=O) groups excluding carboxylic acids is 1. The molecule has 0 atom stereocenters. The van der Waals surface area contributed by atoms with Gasteiger partial charge in [0.05, 0.1) is 19.1 Å². The van der Waals surface area contributed by atoms with Gasteiger partial charge in [0.15, 0.2) is 5.76 Å². The number of ether oxygens (including phenoxy) is 1. The molecule has 1 N–H and O–H groups in total. The molecule has 2 rings (SSSR count). The second kappa shape index (κ2) is 3.65. The Kier molecular flexibility index (Phi) is 2.33. The number of esters is 1. The minimum atomic E-state index is -0.384. The van der Waals surface area contributed by atoms with Gasteiger partial charge in [0.2, 0.25) is 0 Å². The van der Waals surface area contributed by atoms with Crippen molar-refractivity contribution in [3.8, 4) is 11.5 Å². The number of methoxy groups -OCH3 is 1. The third-order valence-corrected chi connectivity index (χ3v) is 2.20. The molecule has 78 valence electrons. The number of carbonyl (C=O) groups is 1. The Balaban J connectivity index is 2.36. The van der Waals surface area contributed by atoms with Gasteiger partial charge in [0, 0.05) is 0 Å². The third kappa shape index (κ3) is 1.66. The van der Waals surface area contributed by atoms with Crippen molar-refractivity contribution in [3.63, 3.8) is 0 Å². The highest BCUT2D eigenvalue weighted by Gasteiger charge is 2.11. The maximum atomic E-state index is 11.2. The molecule has 2 aromatic rings. The van der Waals surface area contributed by atoms with Crippen molar-refractivity contribution in [1.82, 2.24) is 4.98 Å². The lowest BCUT2D eigenvalue weighted by Crippen LogP contribution is -2.00. The van der Waals surface area contributed by atoms with Crippen LogP contribution in [0, 0.1) is 6.92 Å². The van der Waals surface area contributed by atoms with Crippen molar-refractivity contribution >= 4 is 5.97 Å². The Bertz CT molecular complexity index is 481. The number of aryl methyl sites for hydroxylation is 1. The van der Waals surface area contributed by atoms with Crippen molar-refractivity contribution in [2.45, 2.75) is 6.92 Å². The van der Waals surface area contributed by atoms with Crippen LogP contribution >= 0.6 is 0 Å². The van der Waals surface area contributed by atoms with Gasteiger partial charge in [-0.15, -0.1) is 0 Å². The molecule has 0 saturated heterocycles. The Morgan fingerprint density at radius 2 is 2.20 bits per heavy atom. The van der Waals surface area contributed by atoms with Crippen LogP contribution in [0.2, 0.25) is 0 Å². The molecule has 0 aliphatic carbocycles. The largest absolute Gasteiger partial charge is 0.464 e. The van der Waals surface area contributed by atoms with E-state index in [4.69, 9.17) is 4.42 Å². The monoisotopic (exact) mass is 205 g/mol. The number of aromatic amines is 1. The van der Waals surface area contributed by atoms with Crippen LogP contribution in [-0.4, -0.2) is 18.1 Å². The maximum absolute atomic E-state index is 11.2. The summed E-state index contributed by atoms with van der Waals surface area (Å²) >= 11 is 0. The summed E-state index contributed by atoms with van der Waals surface area (Å²) in [5.74, 6) is 0.357. The third-order valence-electron chi connectivity index (χ3n) is 2.20. The molecule has 0 aromatic carbocycles. The molecular formula is C11H11NO3. The van der Waals surface area contributed by atoms with Crippen LogP contribution in [0.3, 0.4) is 0 Å². The molecule has 2 heterocycles. The van der Waals surface area contributed by atoms with Crippen molar-refractivity contribution in [1.29, 1.82) is 0 Å². The second-order valence-electron chi connectivity index (χ2n) is 3.21. The van der Waals surface area contributed by atoms with E-state index < -0.39 is 0 Å². The van der Waals surface area contributed by atoms with Crippen LogP contribution < -0.4 is 0 Å². The van der Waals surface area contributed by atoms with Crippen LogP contribution in [0.1, 0.15) is 16.1 Å². The molecule has 4 nitrogen and oxygen atoms in total. The van der Waals surface area contributed by atoms with E-state index in [0.717, 1.165) is 17.0 Å². The predicted molar refractivity (Wildman–Crippen MR) is 54.6 cm³/mol. The summed E-state index contributed by atoms with van der Waals surface area (Å²) in [6, 6.07) is 5.33. The lowest BCUT2D eigenvalue weighted by molar-refractivity contribution is 0.0595. The van der Waals surface area contributed by atoms with Crippen molar-refractivity contribution < 1.29 is 13.9 Å². The topological polar surface area (TPSA) is 55.2 Å². The van der Waals surface area contributed by atoms with Crippen molar-refractivity contribution in [2.24, 2.45) is 0 Å². The number of rotatable bonds is 2. The van der Waals surface area contributed by atoms with E-state index in [1.165, 1.54) is 7.11 Å². The summed E-state index contributed by atoms with van der Waals surface area (Å²) in [5, 5.41) is 0. The Morgan fingerprint density at radius 3 is 2.80 bits per heavy atom. The molecule has 0 amide bonds. The smallest absolute Gasteiger partial charge is 0.354 e. The zero-order chi connectivity index (χ0) is 10.8. The Labute approximate surface area is 86.9 Å². The molecule has 15 heavy (non-hydrogen) atoms. The van der Waals surface area contributed by atoms with E-state index in [-0.39, 0.29) is 5.97 Å². The molecule has 0 fully saturated rings. The molecule has 0 aliphatic rings. The molecule has 0 bridgehead atoms. The van der Waals surface area contributed by atoms with Crippen LogP contribution in [0.5, 0.6) is 0 Å². The van der Waals surface area contributed by atoms with E-state index in [2.05, 4.69) is 9.72 Å². The van der Waals surface area contributed by atoms with Gasteiger partial charge in [-0.05, 0) is 30.7 Å². The summed E-state index contributed by atoms with van der Waals surface area (Å²) < 4.78 is 9.89. The molecular weight excluding hydrogens is 194 g/mol. The first-order valence-electron chi connectivity index (χ1n) is 4.54. The lowest BCUT2D eigenvalue weighted by Gasteiger charge is -1.95. The number of H-pyrrole nitrogens is 1. The average Bonchev–Trinajstić information content (AvgIpc) is 2.84. The molecule has 0 aliphatic heterocycles. The lowest BCUT2D eigenvalue weighted by atomic mass is 10.2. The van der Waals surface area contributed by atoms with Gasteiger partial charge in [0.25, 0.3) is 0 Å². The summed E-state index contributed by atoms with van der Waals surface area (Å²) in [6.45, 7) is 1.94. The highest BCUT2D eigenvalue weighted by molar-refractivity contribution is 5.88. The molecule has 0 unspecified atom stereocenters. The first-order valence-corrected chi connectivity index (χ1v) is 4.54. The first kappa shape index (κ1) is 9.58. The van der Waals surface area contributed by atoms with Gasteiger partial charge in [-0.3, -0.25) is 0 Å². The highest BCUT2D eigenvalue weighted by Crippen LogP contribution is 2.23. The Morgan fingerprint density at radius 1 is 1.40 bits per heavy atom. The van der Waals surface area contributed by atoms with Crippen LogP contribution in [0.4, 0.5) is 0 Å². The summed E-state index contributed by atoms with van der Waals surface area (Å²) in [7, 11) is 1.35. The van der Waals surface area contributed by atoms with Gasteiger partial charge < -0.3 is 14.1 Å². The molecule has 4 heteroatoms. The molecule has 0 spiro atoms. The number of hydrogen-bond donors (Lipinski definition) is 1. The average molecular weight is 205 g/mol. The van der Waals surface area contributed by atoms with E-state index in [9.17, 15) is 4.79 Å². The van der Waals surface area contributed by atoms with Crippen LogP contribution in [0.15, 0.2) is 28.9 Å². The van der Waals surface area contributed by atoms with E-state index in [1.807, 2.05) is 13.0 Å². The van der Waals surface area contributed by atoms with Gasteiger partial charge in [-0.2, -0.15) is 0 Å². The predicted octanol–water partition coefficient (Wildman–Crippen LogP) is 2.37. The fourth-order valence-corrected chi connectivity index (χ4v) is 1.41. The quantitative estimate of drug-likeness (QED) is 0.766. The molecule has 0 saturated carbocycles. The molecule has 0 radical (unpaired) electrons. The van der Waals surface area contributed by atoms with Gasteiger partial charge in [-0.1, -0.05) is 0 Å². The summed E-state index contributed by atoms with van der Waals surface area (Å²) in [6.07, 6.45) is 1.61. The zero-order valence-electron chi connectivity index (χ0n) is 8.53. The van der Waals surface area contributed by atoms with E-state index >= 15 is 0 Å². The van der Waals surface area contributed by atoms with Crippen molar-refractivity contribution in [3.05, 3.63) is 35.7 Å². The standard InChI is InChI=1S/C11H11NO3/c1-7-5-6-15-10(7)8-3-4-9(12-8)11(13)14-2/h3-6,12H,1-2H3. The molecule has 2 aromatic heterocycles. The highest BCUT2D eigenvalue weighted by atomic mass is 16.5. The van der Waals surface area contributed by atoms with Crippen LogP contribution in [-0.2, 0) is 4.74 Å². The minimum absolute atomic E-state index is 0.384. The fraction of sp³-hybridized carbons (Fsp3) is 0.182.